The molecule has 0 saturated heterocycles. The number of carbonyl (C=O) groups excluding carboxylic acids is 3. The summed E-state index contributed by atoms with van der Waals surface area (Å²) >= 11 is 0. The average molecular weight is 853 g/mol. The lowest BCUT2D eigenvalue weighted by molar-refractivity contribution is -0.167. The van der Waals surface area contributed by atoms with E-state index in [9.17, 15) is 14.4 Å². The molecule has 1 unspecified atom stereocenters. The van der Waals surface area contributed by atoms with E-state index in [1.54, 1.807) is 0 Å². The van der Waals surface area contributed by atoms with Gasteiger partial charge < -0.3 is 14.2 Å². The van der Waals surface area contributed by atoms with Crippen LogP contribution in [-0.2, 0) is 28.6 Å². The van der Waals surface area contributed by atoms with Crippen molar-refractivity contribution in [2.45, 2.75) is 258 Å². The summed E-state index contributed by atoms with van der Waals surface area (Å²) in [6, 6.07) is 0. The Hall–Kier alpha value is -2.89. The summed E-state index contributed by atoms with van der Waals surface area (Å²) in [6.07, 6.45) is 60.7. The number of rotatable bonds is 46. The van der Waals surface area contributed by atoms with E-state index >= 15 is 0 Å². The average Bonchev–Trinajstić information content (AvgIpc) is 3.26. The second kappa shape index (κ2) is 49.8. The standard InChI is InChI=1S/C55H96O6/c1-4-7-10-13-16-19-22-25-26-27-28-29-31-33-36-39-42-45-48-54(57)60-51-52(50-59-53(56)47-44-41-38-35-32-24-21-18-15-12-9-6-3)61-55(58)49-46-43-40-37-34-30-23-20-17-14-11-8-5-2/h9,12,18,21,28-30,32,34-35,52H,4-8,10-11,13-17,19-20,22-27,31,33,36-51H2,1-3H3/b12-9-,21-18-,29-28-,34-30-,35-32-. The van der Waals surface area contributed by atoms with Crippen LogP contribution in [0.25, 0.3) is 0 Å². The SMILES string of the molecule is CC/C=C\C/C=C\C/C=C\CCCCC(=O)OCC(COC(=O)CCCCCCC/C=C\CCCCCCCCCCC)OC(=O)CCCCC/C=C\CCCCCCCC. The summed E-state index contributed by atoms with van der Waals surface area (Å²) in [6.45, 7) is 6.46. The molecular formula is C55H96O6. The molecule has 6 nitrogen and oxygen atoms in total. The van der Waals surface area contributed by atoms with Crippen LogP contribution < -0.4 is 0 Å². The van der Waals surface area contributed by atoms with E-state index in [4.69, 9.17) is 14.2 Å². The lowest BCUT2D eigenvalue weighted by Crippen LogP contribution is -2.30. The molecule has 0 amide bonds. The highest BCUT2D eigenvalue weighted by Crippen LogP contribution is 2.14. The Morgan fingerprint density at radius 2 is 0.639 bits per heavy atom. The topological polar surface area (TPSA) is 78.9 Å². The molecule has 352 valence electrons. The Bertz CT molecular complexity index is 1120. The van der Waals surface area contributed by atoms with E-state index in [0.29, 0.717) is 19.3 Å². The molecule has 1 atom stereocenters. The maximum atomic E-state index is 12.8. The molecule has 0 aliphatic heterocycles. The number of carbonyl (C=O) groups is 3. The second-order valence-corrected chi connectivity index (χ2v) is 17.0. The fourth-order valence-electron chi connectivity index (χ4n) is 7.09. The summed E-state index contributed by atoms with van der Waals surface area (Å²) < 4.78 is 16.7. The Labute approximate surface area is 377 Å². The molecule has 61 heavy (non-hydrogen) atoms. The van der Waals surface area contributed by atoms with E-state index in [2.05, 4.69) is 81.5 Å². The quantitative estimate of drug-likeness (QED) is 0.0263. The van der Waals surface area contributed by atoms with Crippen molar-refractivity contribution in [2.24, 2.45) is 0 Å². The predicted molar refractivity (Wildman–Crippen MR) is 261 cm³/mol. The Balaban J connectivity index is 4.41. The van der Waals surface area contributed by atoms with Gasteiger partial charge in [-0.25, -0.2) is 0 Å². The molecule has 0 bridgehead atoms. The van der Waals surface area contributed by atoms with Crippen molar-refractivity contribution in [3.8, 4) is 0 Å². The number of hydrogen-bond donors (Lipinski definition) is 0. The van der Waals surface area contributed by atoms with E-state index in [0.717, 1.165) is 96.3 Å². The van der Waals surface area contributed by atoms with E-state index in [1.807, 2.05) is 0 Å². The van der Waals surface area contributed by atoms with Gasteiger partial charge in [0.05, 0.1) is 0 Å². The number of esters is 3. The summed E-state index contributed by atoms with van der Waals surface area (Å²) in [7, 11) is 0. The highest BCUT2D eigenvalue weighted by Gasteiger charge is 2.19. The van der Waals surface area contributed by atoms with Crippen LogP contribution in [0, 0.1) is 0 Å². The van der Waals surface area contributed by atoms with Gasteiger partial charge in [-0.15, -0.1) is 0 Å². The number of unbranched alkanes of at least 4 members (excludes halogenated alkanes) is 25. The molecular weight excluding hydrogens is 757 g/mol. The number of hydrogen-bond acceptors (Lipinski definition) is 6. The van der Waals surface area contributed by atoms with E-state index < -0.39 is 6.10 Å². The van der Waals surface area contributed by atoms with Gasteiger partial charge >= 0.3 is 17.9 Å². The molecule has 0 aromatic carbocycles. The van der Waals surface area contributed by atoms with Crippen LogP contribution in [0.4, 0.5) is 0 Å². The molecule has 0 radical (unpaired) electrons. The zero-order valence-electron chi connectivity index (χ0n) is 40.2. The van der Waals surface area contributed by atoms with Crippen LogP contribution in [-0.4, -0.2) is 37.2 Å². The van der Waals surface area contributed by atoms with Crippen LogP contribution in [0.2, 0.25) is 0 Å². The number of ether oxygens (including phenoxy) is 3. The first-order chi connectivity index (χ1) is 30.0. The van der Waals surface area contributed by atoms with Crippen LogP contribution in [0.3, 0.4) is 0 Å². The highest BCUT2D eigenvalue weighted by atomic mass is 16.6. The van der Waals surface area contributed by atoms with Crippen molar-refractivity contribution >= 4 is 17.9 Å². The summed E-state index contributed by atoms with van der Waals surface area (Å²) in [4.78, 5) is 37.9. The molecule has 0 aromatic rings. The van der Waals surface area contributed by atoms with Crippen molar-refractivity contribution in [2.75, 3.05) is 13.2 Å². The van der Waals surface area contributed by atoms with Gasteiger partial charge in [0.1, 0.15) is 13.2 Å². The summed E-state index contributed by atoms with van der Waals surface area (Å²) in [5.74, 6) is -0.959. The lowest BCUT2D eigenvalue weighted by atomic mass is 10.1. The normalized spacial score (nSPS) is 12.5. The van der Waals surface area contributed by atoms with Gasteiger partial charge in [0.25, 0.3) is 0 Å². The van der Waals surface area contributed by atoms with Crippen molar-refractivity contribution in [1.29, 1.82) is 0 Å². The van der Waals surface area contributed by atoms with Gasteiger partial charge in [-0.3, -0.25) is 14.4 Å². The summed E-state index contributed by atoms with van der Waals surface area (Å²) in [5, 5.41) is 0. The second-order valence-electron chi connectivity index (χ2n) is 17.0. The monoisotopic (exact) mass is 853 g/mol. The number of allylic oxidation sites excluding steroid dienone is 10. The fraction of sp³-hybridized carbons (Fsp3) is 0.764. The van der Waals surface area contributed by atoms with Crippen LogP contribution >= 0.6 is 0 Å². The zero-order chi connectivity index (χ0) is 44.4. The molecule has 0 aliphatic carbocycles. The predicted octanol–water partition coefficient (Wildman–Crippen LogP) is 16.9. The van der Waals surface area contributed by atoms with Gasteiger partial charge in [0.15, 0.2) is 6.10 Å². The Morgan fingerprint density at radius 3 is 1.07 bits per heavy atom. The van der Waals surface area contributed by atoms with Gasteiger partial charge in [-0.2, -0.15) is 0 Å². The molecule has 0 N–H and O–H groups in total. The maximum Gasteiger partial charge on any atom is 0.306 e. The van der Waals surface area contributed by atoms with Gasteiger partial charge in [-0.05, 0) is 103 Å². The van der Waals surface area contributed by atoms with E-state index in [1.165, 1.54) is 116 Å². The van der Waals surface area contributed by atoms with Crippen molar-refractivity contribution in [3.05, 3.63) is 60.8 Å². The third-order valence-corrected chi connectivity index (χ3v) is 11.0. The molecule has 0 spiro atoms. The minimum Gasteiger partial charge on any atom is -0.462 e. The molecule has 0 rings (SSSR count). The summed E-state index contributed by atoms with van der Waals surface area (Å²) in [5.41, 5.74) is 0. The molecule has 0 aromatic heterocycles. The highest BCUT2D eigenvalue weighted by molar-refractivity contribution is 5.71. The minimum absolute atomic E-state index is 0.0965. The zero-order valence-corrected chi connectivity index (χ0v) is 40.2. The first-order valence-electron chi connectivity index (χ1n) is 25.8. The molecule has 0 aliphatic rings. The molecule has 0 fully saturated rings. The molecule has 0 heterocycles. The van der Waals surface area contributed by atoms with Crippen molar-refractivity contribution in [3.63, 3.8) is 0 Å². The van der Waals surface area contributed by atoms with Crippen LogP contribution in [0.1, 0.15) is 252 Å². The molecule has 6 heteroatoms. The van der Waals surface area contributed by atoms with E-state index in [-0.39, 0.29) is 31.1 Å². The smallest absolute Gasteiger partial charge is 0.306 e. The van der Waals surface area contributed by atoms with Gasteiger partial charge in [-0.1, -0.05) is 191 Å². The Morgan fingerprint density at radius 1 is 0.344 bits per heavy atom. The first kappa shape index (κ1) is 58.1. The minimum atomic E-state index is -0.799. The van der Waals surface area contributed by atoms with Crippen LogP contribution in [0.5, 0.6) is 0 Å². The Kier molecular flexibility index (Phi) is 47.4. The van der Waals surface area contributed by atoms with Crippen LogP contribution in [0.15, 0.2) is 60.8 Å². The van der Waals surface area contributed by atoms with Crippen molar-refractivity contribution in [1.82, 2.24) is 0 Å². The fourth-order valence-corrected chi connectivity index (χ4v) is 7.09. The molecule has 0 saturated carbocycles. The maximum absolute atomic E-state index is 12.8. The first-order valence-corrected chi connectivity index (χ1v) is 25.8. The third kappa shape index (κ3) is 48.0. The third-order valence-electron chi connectivity index (χ3n) is 11.0. The van der Waals surface area contributed by atoms with Gasteiger partial charge in [0, 0.05) is 19.3 Å². The largest absolute Gasteiger partial charge is 0.462 e. The lowest BCUT2D eigenvalue weighted by Gasteiger charge is -2.18. The van der Waals surface area contributed by atoms with Crippen molar-refractivity contribution < 1.29 is 28.6 Å². The van der Waals surface area contributed by atoms with Gasteiger partial charge in [0.2, 0.25) is 0 Å².